The lowest BCUT2D eigenvalue weighted by Crippen LogP contribution is -2.47. The highest BCUT2D eigenvalue weighted by Crippen LogP contribution is 2.19. The monoisotopic (exact) mass is 218 g/mol. The average Bonchev–Trinajstić information content (AvgIpc) is 2.39. The maximum absolute atomic E-state index is 2.58. The van der Waals surface area contributed by atoms with Crippen LogP contribution in [0.25, 0.3) is 0 Å². The van der Waals surface area contributed by atoms with Crippen molar-refractivity contribution < 1.29 is 0 Å². The van der Waals surface area contributed by atoms with E-state index in [4.69, 9.17) is 0 Å². The fourth-order valence-electron chi connectivity index (χ4n) is 2.42. The van der Waals surface area contributed by atoms with Crippen molar-refractivity contribution in [3.63, 3.8) is 0 Å². The van der Waals surface area contributed by atoms with Gasteiger partial charge in [-0.25, -0.2) is 0 Å². The van der Waals surface area contributed by atoms with Gasteiger partial charge in [0.2, 0.25) is 0 Å². The number of hydrogen-bond acceptors (Lipinski definition) is 2. The zero-order valence-corrected chi connectivity index (χ0v) is 10.4. The minimum Gasteiger partial charge on any atom is -0.359 e. The molecule has 0 N–H and O–H groups in total. The van der Waals surface area contributed by atoms with Crippen LogP contribution in [0.15, 0.2) is 30.3 Å². The van der Waals surface area contributed by atoms with Gasteiger partial charge in [-0.05, 0) is 31.9 Å². The van der Waals surface area contributed by atoms with Crippen LogP contribution in [-0.4, -0.2) is 31.2 Å². The molecule has 1 aliphatic heterocycles. The largest absolute Gasteiger partial charge is 0.359 e. The van der Waals surface area contributed by atoms with Gasteiger partial charge in [-0.15, -0.1) is 0 Å². The zero-order valence-electron chi connectivity index (χ0n) is 10.4. The van der Waals surface area contributed by atoms with Crippen LogP contribution in [0, 0.1) is 0 Å². The summed E-state index contributed by atoms with van der Waals surface area (Å²) in [5.74, 6) is 0. The summed E-state index contributed by atoms with van der Waals surface area (Å²) in [7, 11) is 2.19. The van der Waals surface area contributed by atoms with Crippen molar-refractivity contribution in [3.05, 3.63) is 30.3 Å². The topological polar surface area (TPSA) is 6.48 Å². The van der Waals surface area contributed by atoms with E-state index in [2.05, 4.69) is 54.1 Å². The Hall–Kier alpha value is -1.02. The summed E-state index contributed by atoms with van der Waals surface area (Å²) in [6.45, 7) is 4.80. The van der Waals surface area contributed by atoms with Crippen molar-refractivity contribution in [2.75, 3.05) is 25.0 Å². The minimum atomic E-state index is 0.502. The molecule has 1 fully saturated rings. The third-order valence-corrected chi connectivity index (χ3v) is 3.64. The highest BCUT2D eigenvalue weighted by Gasteiger charge is 2.19. The van der Waals surface area contributed by atoms with Gasteiger partial charge in [0.05, 0.1) is 6.17 Å². The molecule has 0 bridgehead atoms. The van der Waals surface area contributed by atoms with Gasteiger partial charge >= 0.3 is 0 Å². The van der Waals surface area contributed by atoms with Crippen molar-refractivity contribution in [1.29, 1.82) is 0 Å². The normalized spacial score (nSPS) is 19.4. The number of benzene rings is 1. The summed E-state index contributed by atoms with van der Waals surface area (Å²) in [4.78, 5) is 4.95. The second kappa shape index (κ2) is 5.35. The molecule has 1 unspecified atom stereocenters. The molecule has 1 saturated heterocycles. The molecule has 0 saturated carbocycles. The van der Waals surface area contributed by atoms with E-state index in [1.165, 1.54) is 38.0 Å². The van der Waals surface area contributed by atoms with Crippen LogP contribution < -0.4 is 4.90 Å². The summed E-state index contributed by atoms with van der Waals surface area (Å²) in [6, 6.07) is 10.6. The Balaban J connectivity index is 2.00. The molecule has 88 valence electrons. The number of anilines is 1. The summed E-state index contributed by atoms with van der Waals surface area (Å²) in [5.41, 5.74) is 1.31. The van der Waals surface area contributed by atoms with E-state index in [0.29, 0.717) is 6.17 Å². The van der Waals surface area contributed by atoms with E-state index >= 15 is 0 Å². The van der Waals surface area contributed by atoms with Crippen molar-refractivity contribution in [1.82, 2.24) is 4.90 Å². The quantitative estimate of drug-likeness (QED) is 0.769. The minimum absolute atomic E-state index is 0.502. The molecule has 1 aromatic carbocycles. The predicted octanol–water partition coefficient (Wildman–Crippen LogP) is 2.95. The second-order valence-corrected chi connectivity index (χ2v) is 4.67. The van der Waals surface area contributed by atoms with E-state index in [1.54, 1.807) is 0 Å². The maximum Gasteiger partial charge on any atom is 0.0788 e. The van der Waals surface area contributed by atoms with Crippen molar-refractivity contribution in [2.24, 2.45) is 0 Å². The van der Waals surface area contributed by atoms with Crippen LogP contribution in [0.2, 0.25) is 0 Å². The molecule has 16 heavy (non-hydrogen) atoms. The van der Waals surface area contributed by atoms with Crippen LogP contribution in [0.3, 0.4) is 0 Å². The molecule has 1 aliphatic rings. The summed E-state index contributed by atoms with van der Waals surface area (Å²) in [5, 5.41) is 0. The first-order chi connectivity index (χ1) is 7.79. The molecule has 0 aromatic heterocycles. The molecule has 0 aliphatic carbocycles. The third-order valence-electron chi connectivity index (χ3n) is 3.64. The number of hydrogen-bond donors (Lipinski definition) is 0. The Bertz CT molecular complexity index is 304. The van der Waals surface area contributed by atoms with Crippen LogP contribution in [0.1, 0.15) is 26.2 Å². The van der Waals surface area contributed by atoms with Gasteiger partial charge in [0.1, 0.15) is 0 Å². The van der Waals surface area contributed by atoms with Crippen LogP contribution in [0.5, 0.6) is 0 Å². The van der Waals surface area contributed by atoms with Crippen molar-refractivity contribution in [3.8, 4) is 0 Å². The van der Waals surface area contributed by atoms with E-state index < -0.39 is 0 Å². The maximum atomic E-state index is 2.58. The van der Waals surface area contributed by atoms with Gasteiger partial charge in [0.15, 0.2) is 0 Å². The standard InChI is InChI=1S/C14H22N2/c1-13(16-11-7-4-8-12-16)15(2)14-9-5-3-6-10-14/h3,5-6,9-10,13H,4,7-8,11-12H2,1-2H3. The Morgan fingerprint density at radius 3 is 2.31 bits per heavy atom. The highest BCUT2D eigenvalue weighted by molar-refractivity contribution is 5.45. The molecule has 2 heteroatoms. The van der Waals surface area contributed by atoms with E-state index in [1.807, 2.05) is 0 Å². The summed E-state index contributed by atoms with van der Waals surface area (Å²) < 4.78 is 0. The summed E-state index contributed by atoms with van der Waals surface area (Å²) >= 11 is 0. The van der Waals surface area contributed by atoms with Crippen molar-refractivity contribution in [2.45, 2.75) is 32.4 Å². The molecule has 2 nitrogen and oxygen atoms in total. The predicted molar refractivity (Wildman–Crippen MR) is 69.7 cm³/mol. The second-order valence-electron chi connectivity index (χ2n) is 4.67. The Kier molecular flexibility index (Phi) is 3.83. The van der Waals surface area contributed by atoms with Crippen LogP contribution in [-0.2, 0) is 0 Å². The Morgan fingerprint density at radius 2 is 1.69 bits per heavy atom. The number of nitrogens with zero attached hydrogens (tertiary/aromatic N) is 2. The fourth-order valence-corrected chi connectivity index (χ4v) is 2.42. The van der Waals surface area contributed by atoms with E-state index in [9.17, 15) is 0 Å². The molecule has 1 heterocycles. The van der Waals surface area contributed by atoms with Gasteiger partial charge in [-0.1, -0.05) is 24.6 Å². The molecular weight excluding hydrogens is 196 g/mol. The lowest BCUT2D eigenvalue weighted by Gasteiger charge is -2.38. The number of rotatable bonds is 3. The highest BCUT2D eigenvalue weighted by atomic mass is 15.3. The smallest absolute Gasteiger partial charge is 0.0788 e. The van der Waals surface area contributed by atoms with Gasteiger partial charge in [-0.3, -0.25) is 4.90 Å². The molecule has 0 spiro atoms. The van der Waals surface area contributed by atoms with Gasteiger partial charge in [0, 0.05) is 25.8 Å². The number of piperidine rings is 1. The van der Waals surface area contributed by atoms with E-state index in [0.717, 1.165) is 0 Å². The zero-order chi connectivity index (χ0) is 11.4. The van der Waals surface area contributed by atoms with Gasteiger partial charge in [0.25, 0.3) is 0 Å². The molecule has 0 amide bonds. The molecule has 1 aromatic rings. The molecular formula is C14H22N2. The van der Waals surface area contributed by atoms with E-state index in [-0.39, 0.29) is 0 Å². The first-order valence-electron chi connectivity index (χ1n) is 6.31. The fraction of sp³-hybridized carbons (Fsp3) is 0.571. The lowest BCUT2D eigenvalue weighted by atomic mass is 10.1. The molecule has 0 radical (unpaired) electrons. The first-order valence-corrected chi connectivity index (χ1v) is 6.31. The third kappa shape index (κ3) is 2.56. The lowest BCUT2D eigenvalue weighted by molar-refractivity contribution is 0.173. The van der Waals surface area contributed by atoms with Crippen LogP contribution in [0.4, 0.5) is 5.69 Å². The Morgan fingerprint density at radius 1 is 1.06 bits per heavy atom. The summed E-state index contributed by atoms with van der Waals surface area (Å²) in [6.07, 6.45) is 4.61. The molecule has 1 atom stereocenters. The number of likely N-dealkylation sites (tertiary alicyclic amines) is 1. The van der Waals surface area contributed by atoms with Crippen molar-refractivity contribution >= 4 is 5.69 Å². The van der Waals surface area contributed by atoms with Gasteiger partial charge in [-0.2, -0.15) is 0 Å². The average molecular weight is 218 g/mol. The SMILES string of the molecule is CC(N1CCCCC1)N(C)c1ccccc1. The Labute approximate surface area is 98.9 Å². The first kappa shape index (κ1) is 11.5. The van der Waals surface area contributed by atoms with Gasteiger partial charge < -0.3 is 4.90 Å². The number of para-hydroxylation sites is 1. The molecule has 2 rings (SSSR count). The van der Waals surface area contributed by atoms with Crippen LogP contribution >= 0.6 is 0 Å².